The second kappa shape index (κ2) is 8.45. The molecule has 1 amide bonds. The molecule has 27 heavy (non-hydrogen) atoms. The summed E-state index contributed by atoms with van der Waals surface area (Å²) in [6, 6.07) is 17.8. The Morgan fingerprint density at radius 3 is 2.26 bits per heavy atom. The van der Waals surface area contributed by atoms with Crippen LogP contribution in [0, 0.1) is 0 Å². The van der Waals surface area contributed by atoms with E-state index in [1.807, 2.05) is 66.4 Å². The molecule has 0 bridgehead atoms. The summed E-state index contributed by atoms with van der Waals surface area (Å²) < 4.78 is 0. The molecule has 0 spiro atoms. The first-order chi connectivity index (χ1) is 13.1. The Hall–Kier alpha value is -3.21. The van der Waals surface area contributed by atoms with Gasteiger partial charge in [-0.15, -0.1) is 0 Å². The van der Waals surface area contributed by atoms with E-state index in [-0.39, 0.29) is 5.91 Å². The maximum absolute atomic E-state index is 12.6. The van der Waals surface area contributed by atoms with Crippen LogP contribution in [0.4, 0.5) is 17.3 Å². The summed E-state index contributed by atoms with van der Waals surface area (Å²) in [5, 5.41) is 2.97. The zero-order chi connectivity index (χ0) is 19.2. The van der Waals surface area contributed by atoms with Crippen molar-refractivity contribution in [3.8, 4) is 0 Å². The van der Waals surface area contributed by atoms with Crippen molar-refractivity contribution >= 4 is 23.2 Å². The number of anilines is 3. The second-order valence-electron chi connectivity index (χ2n) is 6.55. The predicted octanol–water partition coefficient (Wildman–Crippen LogP) is 5.01. The molecule has 0 aliphatic heterocycles. The highest BCUT2D eigenvalue weighted by molar-refractivity contribution is 6.04. The molecular formula is C22H24N4O. The van der Waals surface area contributed by atoms with Crippen LogP contribution in [-0.4, -0.2) is 22.4 Å². The number of nitrogens with zero attached hydrogens (tertiary/aromatic N) is 3. The Kier molecular flexibility index (Phi) is 5.81. The smallest absolute Gasteiger partial charge is 0.258 e. The SMILES string of the molecule is CCN(c1ccccc1)c1ncc(C(=O)Nc2ccccc2C(C)C)cn1. The van der Waals surface area contributed by atoms with Crippen molar-refractivity contribution in [2.24, 2.45) is 0 Å². The zero-order valence-electron chi connectivity index (χ0n) is 15.9. The molecule has 3 aromatic rings. The minimum Gasteiger partial charge on any atom is -0.322 e. The Morgan fingerprint density at radius 2 is 1.63 bits per heavy atom. The normalized spacial score (nSPS) is 10.7. The quantitative estimate of drug-likeness (QED) is 0.671. The number of nitrogens with one attached hydrogen (secondary N) is 1. The van der Waals surface area contributed by atoms with E-state index < -0.39 is 0 Å². The van der Waals surface area contributed by atoms with Crippen LogP contribution in [0.3, 0.4) is 0 Å². The number of carbonyl (C=O) groups is 1. The molecule has 0 saturated carbocycles. The molecule has 2 aromatic carbocycles. The van der Waals surface area contributed by atoms with Crippen molar-refractivity contribution in [1.29, 1.82) is 0 Å². The molecule has 0 radical (unpaired) electrons. The van der Waals surface area contributed by atoms with E-state index in [2.05, 4.69) is 29.1 Å². The van der Waals surface area contributed by atoms with Crippen LogP contribution in [-0.2, 0) is 0 Å². The molecule has 1 N–H and O–H groups in total. The number of amides is 1. The standard InChI is InChI=1S/C22H24N4O/c1-4-26(18-10-6-5-7-11-18)22-23-14-17(15-24-22)21(27)25-20-13-9-8-12-19(20)16(2)3/h5-16H,4H2,1-3H3,(H,25,27). The third-order valence-electron chi connectivity index (χ3n) is 4.36. The topological polar surface area (TPSA) is 58.1 Å². The van der Waals surface area contributed by atoms with Gasteiger partial charge in [-0.05, 0) is 36.6 Å². The van der Waals surface area contributed by atoms with Gasteiger partial charge < -0.3 is 10.2 Å². The molecule has 1 aromatic heterocycles. The first kappa shape index (κ1) is 18.6. The van der Waals surface area contributed by atoms with Gasteiger partial charge in [0.1, 0.15) is 0 Å². The Labute approximate surface area is 160 Å². The van der Waals surface area contributed by atoms with Gasteiger partial charge in [-0.25, -0.2) is 9.97 Å². The molecule has 0 aliphatic carbocycles. The highest BCUT2D eigenvalue weighted by atomic mass is 16.1. The minimum absolute atomic E-state index is 0.211. The molecule has 1 heterocycles. The predicted molar refractivity (Wildman–Crippen MR) is 110 cm³/mol. The third kappa shape index (κ3) is 4.31. The van der Waals surface area contributed by atoms with Gasteiger partial charge in [0.2, 0.25) is 5.95 Å². The number of rotatable bonds is 6. The van der Waals surface area contributed by atoms with E-state index in [9.17, 15) is 4.79 Å². The Balaban J connectivity index is 1.78. The lowest BCUT2D eigenvalue weighted by molar-refractivity contribution is 0.102. The van der Waals surface area contributed by atoms with Crippen molar-refractivity contribution in [2.75, 3.05) is 16.8 Å². The van der Waals surface area contributed by atoms with Crippen molar-refractivity contribution < 1.29 is 4.79 Å². The van der Waals surface area contributed by atoms with Crippen LogP contribution in [0.15, 0.2) is 67.0 Å². The molecule has 0 saturated heterocycles. The average molecular weight is 360 g/mol. The molecule has 0 aliphatic rings. The summed E-state index contributed by atoms with van der Waals surface area (Å²) >= 11 is 0. The summed E-state index contributed by atoms with van der Waals surface area (Å²) in [7, 11) is 0. The maximum atomic E-state index is 12.6. The van der Waals surface area contributed by atoms with Crippen molar-refractivity contribution in [2.45, 2.75) is 26.7 Å². The molecular weight excluding hydrogens is 336 g/mol. The van der Waals surface area contributed by atoms with Gasteiger partial charge in [-0.2, -0.15) is 0 Å². The van der Waals surface area contributed by atoms with Gasteiger partial charge in [0, 0.05) is 30.3 Å². The largest absolute Gasteiger partial charge is 0.322 e. The first-order valence-electron chi connectivity index (χ1n) is 9.15. The Morgan fingerprint density at radius 1 is 1.00 bits per heavy atom. The number of benzene rings is 2. The number of aromatic nitrogens is 2. The molecule has 0 atom stereocenters. The molecule has 0 unspecified atom stereocenters. The zero-order valence-corrected chi connectivity index (χ0v) is 15.9. The summed E-state index contributed by atoms with van der Waals surface area (Å²) in [5.41, 5.74) is 3.37. The molecule has 0 fully saturated rings. The molecule has 138 valence electrons. The molecule has 3 rings (SSSR count). The highest BCUT2D eigenvalue weighted by Gasteiger charge is 2.14. The Bertz CT molecular complexity index is 892. The number of para-hydroxylation sites is 2. The summed E-state index contributed by atoms with van der Waals surface area (Å²) in [4.78, 5) is 23.4. The summed E-state index contributed by atoms with van der Waals surface area (Å²) in [6.45, 7) is 6.98. The van der Waals surface area contributed by atoms with E-state index in [4.69, 9.17) is 0 Å². The number of carbonyl (C=O) groups excluding carboxylic acids is 1. The fourth-order valence-electron chi connectivity index (χ4n) is 2.93. The van der Waals surface area contributed by atoms with E-state index in [0.29, 0.717) is 17.4 Å². The van der Waals surface area contributed by atoms with Gasteiger partial charge in [0.25, 0.3) is 5.91 Å². The van der Waals surface area contributed by atoms with Crippen molar-refractivity contribution in [3.05, 3.63) is 78.1 Å². The first-order valence-corrected chi connectivity index (χ1v) is 9.15. The van der Waals surface area contributed by atoms with Crippen LogP contribution in [0.2, 0.25) is 0 Å². The van der Waals surface area contributed by atoms with E-state index in [0.717, 1.165) is 23.5 Å². The van der Waals surface area contributed by atoms with Crippen LogP contribution in [0.5, 0.6) is 0 Å². The van der Waals surface area contributed by atoms with Gasteiger partial charge >= 0.3 is 0 Å². The van der Waals surface area contributed by atoms with E-state index >= 15 is 0 Å². The number of hydrogen-bond donors (Lipinski definition) is 1. The van der Waals surface area contributed by atoms with Crippen LogP contribution < -0.4 is 10.2 Å². The molecule has 5 heteroatoms. The fraction of sp³-hybridized carbons (Fsp3) is 0.227. The fourth-order valence-corrected chi connectivity index (χ4v) is 2.93. The van der Waals surface area contributed by atoms with Crippen molar-refractivity contribution in [3.63, 3.8) is 0 Å². The minimum atomic E-state index is -0.211. The van der Waals surface area contributed by atoms with Crippen LogP contribution in [0.1, 0.15) is 42.6 Å². The highest BCUT2D eigenvalue weighted by Crippen LogP contribution is 2.24. The summed E-state index contributed by atoms with van der Waals surface area (Å²) in [5.74, 6) is 0.685. The summed E-state index contributed by atoms with van der Waals surface area (Å²) in [6.07, 6.45) is 3.14. The second-order valence-corrected chi connectivity index (χ2v) is 6.55. The third-order valence-corrected chi connectivity index (χ3v) is 4.36. The van der Waals surface area contributed by atoms with Gasteiger partial charge in [0.15, 0.2) is 0 Å². The van der Waals surface area contributed by atoms with Gasteiger partial charge in [-0.1, -0.05) is 50.2 Å². The maximum Gasteiger partial charge on any atom is 0.258 e. The van der Waals surface area contributed by atoms with Gasteiger partial charge in [0.05, 0.1) is 5.56 Å². The van der Waals surface area contributed by atoms with Crippen LogP contribution in [0.25, 0.3) is 0 Å². The number of hydrogen-bond acceptors (Lipinski definition) is 4. The van der Waals surface area contributed by atoms with Gasteiger partial charge in [-0.3, -0.25) is 4.79 Å². The van der Waals surface area contributed by atoms with E-state index in [1.54, 1.807) is 12.4 Å². The van der Waals surface area contributed by atoms with Crippen LogP contribution >= 0.6 is 0 Å². The lowest BCUT2D eigenvalue weighted by Gasteiger charge is -2.20. The lowest BCUT2D eigenvalue weighted by Crippen LogP contribution is -2.20. The van der Waals surface area contributed by atoms with Crippen molar-refractivity contribution in [1.82, 2.24) is 9.97 Å². The monoisotopic (exact) mass is 360 g/mol. The lowest BCUT2D eigenvalue weighted by atomic mass is 10.0. The van der Waals surface area contributed by atoms with E-state index in [1.165, 1.54) is 0 Å². The molecule has 5 nitrogen and oxygen atoms in total. The average Bonchev–Trinajstić information content (AvgIpc) is 2.70.